The van der Waals surface area contributed by atoms with Gasteiger partial charge < -0.3 is 5.43 Å². The molecule has 0 spiro atoms. The molecule has 0 atom stereocenters. The van der Waals surface area contributed by atoms with Gasteiger partial charge in [0.25, 0.3) is 0 Å². The van der Waals surface area contributed by atoms with Crippen LogP contribution in [0.2, 0.25) is 0 Å². The summed E-state index contributed by atoms with van der Waals surface area (Å²) in [6.07, 6.45) is 1.78. The van der Waals surface area contributed by atoms with Gasteiger partial charge in [-0.3, -0.25) is 0 Å². The van der Waals surface area contributed by atoms with Crippen molar-refractivity contribution in [2.24, 2.45) is 5.10 Å². The second-order valence-electron chi connectivity index (χ2n) is 1.89. The fraction of sp³-hybridized carbons (Fsp3) is 0.125. The Morgan fingerprint density at radius 1 is 1.30 bits per heavy atom. The molecule has 0 aliphatic carbocycles. The highest BCUT2D eigenvalue weighted by Gasteiger charge is 1.80. The van der Waals surface area contributed by atoms with E-state index in [2.05, 4.69) is 10.5 Å². The van der Waals surface area contributed by atoms with Crippen molar-refractivity contribution in [2.45, 2.75) is 0 Å². The lowest BCUT2D eigenvalue weighted by Gasteiger charge is -1.88. The van der Waals surface area contributed by atoms with E-state index in [1.54, 1.807) is 13.3 Å². The van der Waals surface area contributed by atoms with E-state index in [9.17, 15) is 0 Å². The first-order valence-corrected chi connectivity index (χ1v) is 3.18. The molecule has 2 nitrogen and oxygen atoms in total. The maximum absolute atomic E-state index is 3.87. The molecule has 0 bridgehead atoms. The summed E-state index contributed by atoms with van der Waals surface area (Å²) in [6.45, 7) is 0. The topological polar surface area (TPSA) is 24.4 Å². The van der Waals surface area contributed by atoms with Crippen molar-refractivity contribution in [3.05, 3.63) is 35.9 Å². The second kappa shape index (κ2) is 3.67. The molecule has 1 rings (SSSR count). The fourth-order valence-electron chi connectivity index (χ4n) is 0.678. The third-order valence-corrected chi connectivity index (χ3v) is 1.14. The van der Waals surface area contributed by atoms with Crippen LogP contribution >= 0.6 is 0 Å². The average Bonchev–Trinajstić information content (AvgIpc) is 2.03. The van der Waals surface area contributed by atoms with Gasteiger partial charge >= 0.3 is 0 Å². The van der Waals surface area contributed by atoms with Crippen LogP contribution in [0.15, 0.2) is 35.4 Å². The van der Waals surface area contributed by atoms with Gasteiger partial charge in [-0.05, 0) is 5.56 Å². The lowest BCUT2D eigenvalue weighted by molar-refractivity contribution is 0.908. The minimum Gasteiger partial charge on any atom is -0.313 e. The molecule has 52 valence electrons. The van der Waals surface area contributed by atoms with E-state index in [4.69, 9.17) is 0 Å². The van der Waals surface area contributed by atoms with Gasteiger partial charge in [-0.2, -0.15) is 5.10 Å². The van der Waals surface area contributed by atoms with E-state index < -0.39 is 0 Å². The third-order valence-electron chi connectivity index (χ3n) is 1.14. The number of hydrogen-bond acceptors (Lipinski definition) is 2. The predicted molar refractivity (Wildman–Crippen MR) is 43.1 cm³/mol. The molecule has 2 heteroatoms. The number of hydrogen-bond donors (Lipinski definition) is 1. The molecule has 0 amide bonds. The van der Waals surface area contributed by atoms with E-state index in [0.717, 1.165) is 5.56 Å². The van der Waals surface area contributed by atoms with Crippen molar-refractivity contribution in [1.29, 1.82) is 0 Å². The Morgan fingerprint density at radius 3 is 2.60 bits per heavy atom. The van der Waals surface area contributed by atoms with Gasteiger partial charge in [0.05, 0.1) is 6.21 Å². The van der Waals surface area contributed by atoms with Crippen LogP contribution in [0.1, 0.15) is 5.56 Å². The molecule has 0 aliphatic heterocycles. The highest BCUT2D eigenvalue weighted by Crippen LogP contribution is 1.92. The van der Waals surface area contributed by atoms with Gasteiger partial charge in [0.15, 0.2) is 0 Å². The van der Waals surface area contributed by atoms with Crippen LogP contribution in [0.3, 0.4) is 0 Å². The number of nitrogens with zero attached hydrogens (tertiary/aromatic N) is 1. The zero-order chi connectivity index (χ0) is 7.23. The van der Waals surface area contributed by atoms with Crippen LogP contribution in [0.25, 0.3) is 0 Å². The quantitative estimate of drug-likeness (QED) is 0.477. The van der Waals surface area contributed by atoms with E-state index in [0.29, 0.717) is 0 Å². The first-order chi connectivity index (χ1) is 4.93. The fourth-order valence-corrected chi connectivity index (χ4v) is 0.678. The van der Waals surface area contributed by atoms with E-state index >= 15 is 0 Å². The summed E-state index contributed by atoms with van der Waals surface area (Å²) in [5, 5.41) is 3.87. The minimum absolute atomic E-state index is 1.11. The van der Waals surface area contributed by atoms with Gasteiger partial charge in [-0.15, -0.1) is 0 Å². The number of nitrogens with one attached hydrogen (secondary N) is 1. The Bertz CT molecular complexity index is 204. The minimum atomic E-state index is 1.11. The Hall–Kier alpha value is -1.31. The summed E-state index contributed by atoms with van der Waals surface area (Å²) in [5.41, 5.74) is 3.79. The predicted octanol–water partition coefficient (Wildman–Crippen LogP) is 1.24. The Kier molecular flexibility index (Phi) is 2.49. The summed E-state index contributed by atoms with van der Waals surface area (Å²) < 4.78 is 0. The van der Waals surface area contributed by atoms with Crippen molar-refractivity contribution in [3.63, 3.8) is 0 Å². The molecular formula is C8H10N2. The first-order valence-electron chi connectivity index (χ1n) is 3.18. The van der Waals surface area contributed by atoms with Crippen molar-refractivity contribution < 1.29 is 0 Å². The Balaban J connectivity index is 2.67. The summed E-state index contributed by atoms with van der Waals surface area (Å²) in [5.74, 6) is 0. The Morgan fingerprint density at radius 2 is 2.00 bits per heavy atom. The maximum Gasteiger partial charge on any atom is 0.0540 e. The molecule has 1 aromatic rings. The average molecular weight is 134 g/mol. The molecule has 0 saturated carbocycles. The molecule has 0 aliphatic rings. The lowest BCUT2D eigenvalue weighted by Crippen LogP contribution is -1.94. The SMILES string of the molecule is CNN=Cc1ccccc1. The van der Waals surface area contributed by atoms with Gasteiger partial charge in [-0.25, -0.2) is 0 Å². The number of rotatable bonds is 2. The molecule has 0 aromatic heterocycles. The zero-order valence-corrected chi connectivity index (χ0v) is 5.91. The highest BCUT2D eigenvalue weighted by molar-refractivity contribution is 5.79. The summed E-state index contributed by atoms with van der Waals surface area (Å²) in [4.78, 5) is 0. The third kappa shape index (κ3) is 1.90. The van der Waals surface area contributed by atoms with Gasteiger partial charge in [0.1, 0.15) is 0 Å². The summed E-state index contributed by atoms with van der Waals surface area (Å²) in [7, 11) is 1.78. The molecule has 0 heterocycles. The molecule has 0 fully saturated rings. The van der Waals surface area contributed by atoms with Gasteiger partial charge in [0.2, 0.25) is 0 Å². The van der Waals surface area contributed by atoms with Crippen molar-refractivity contribution in [2.75, 3.05) is 7.05 Å². The van der Waals surface area contributed by atoms with E-state index in [-0.39, 0.29) is 0 Å². The van der Waals surface area contributed by atoms with Crippen LogP contribution in [0.4, 0.5) is 0 Å². The number of benzene rings is 1. The molecule has 0 unspecified atom stereocenters. The van der Waals surface area contributed by atoms with Crippen molar-refractivity contribution in [1.82, 2.24) is 5.43 Å². The summed E-state index contributed by atoms with van der Waals surface area (Å²) in [6, 6.07) is 9.95. The van der Waals surface area contributed by atoms with Crippen molar-refractivity contribution in [3.8, 4) is 0 Å². The van der Waals surface area contributed by atoms with Crippen LogP contribution in [0, 0.1) is 0 Å². The van der Waals surface area contributed by atoms with Crippen LogP contribution < -0.4 is 5.43 Å². The first kappa shape index (κ1) is 6.81. The lowest BCUT2D eigenvalue weighted by atomic mass is 10.2. The maximum atomic E-state index is 3.87. The molecular weight excluding hydrogens is 124 g/mol. The van der Waals surface area contributed by atoms with Crippen LogP contribution in [-0.4, -0.2) is 13.3 Å². The normalized spacial score (nSPS) is 10.1. The standard InChI is InChI=1S/C8H10N2/c1-9-10-7-8-5-3-2-4-6-8/h2-7,9H,1H3. The monoisotopic (exact) mass is 134 g/mol. The summed E-state index contributed by atoms with van der Waals surface area (Å²) >= 11 is 0. The second-order valence-corrected chi connectivity index (χ2v) is 1.89. The number of hydrazone groups is 1. The van der Waals surface area contributed by atoms with Crippen molar-refractivity contribution >= 4 is 6.21 Å². The molecule has 0 saturated heterocycles. The van der Waals surface area contributed by atoms with Gasteiger partial charge in [0, 0.05) is 7.05 Å². The largest absolute Gasteiger partial charge is 0.313 e. The van der Waals surface area contributed by atoms with E-state index in [1.807, 2.05) is 30.3 Å². The Labute approximate surface area is 60.6 Å². The van der Waals surface area contributed by atoms with Crippen LogP contribution in [-0.2, 0) is 0 Å². The van der Waals surface area contributed by atoms with E-state index in [1.165, 1.54) is 0 Å². The highest BCUT2D eigenvalue weighted by atomic mass is 15.3. The zero-order valence-electron chi connectivity index (χ0n) is 5.91. The molecule has 10 heavy (non-hydrogen) atoms. The van der Waals surface area contributed by atoms with Crippen LogP contribution in [0.5, 0.6) is 0 Å². The molecule has 0 radical (unpaired) electrons. The molecule has 1 N–H and O–H groups in total. The van der Waals surface area contributed by atoms with Gasteiger partial charge in [-0.1, -0.05) is 30.3 Å². The molecule has 1 aromatic carbocycles. The smallest absolute Gasteiger partial charge is 0.0540 e.